The van der Waals surface area contributed by atoms with Gasteiger partial charge in [0, 0.05) is 25.2 Å². The van der Waals surface area contributed by atoms with Crippen molar-refractivity contribution in [3.63, 3.8) is 0 Å². The van der Waals surface area contributed by atoms with Gasteiger partial charge in [-0.3, -0.25) is 0 Å². The molecular formula is C17H16F4N2O. The second-order valence-corrected chi connectivity index (χ2v) is 5.44. The normalized spacial score (nSPS) is 11.9. The summed E-state index contributed by atoms with van der Waals surface area (Å²) < 4.78 is 52.6. The number of nitrogens with zero attached hydrogens (tertiary/aromatic N) is 1. The van der Waals surface area contributed by atoms with E-state index in [1.807, 2.05) is 0 Å². The van der Waals surface area contributed by atoms with Gasteiger partial charge >= 0.3 is 6.03 Å². The van der Waals surface area contributed by atoms with Gasteiger partial charge in [0.25, 0.3) is 0 Å². The summed E-state index contributed by atoms with van der Waals surface area (Å²) in [6, 6.07) is 5.34. The molecule has 2 rings (SSSR count). The van der Waals surface area contributed by atoms with E-state index in [4.69, 9.17) is 0 Å². The molecule has 1 unspecified atom stereocenters. The molecule has 2 aromatic rings. The molecule has 3 nitrogen and oxygen atoms in total. The quantitative estimate of drug-likeness (QED) is 0.834. The predicted octanol–water partition coefficient (Wildman–Crippen LogP) is 4.15. The molecule has 0 radical (unpaired) electrons. The van der Waals surface area contributed by atoms with E-state index in [2.05, 4.69) is 5.32 Å². The Balaban J connectivity index is 2.01. The molecule has 0 aromatic heterocycles. The van der Waals surface area contributed by atoms with Gasteiger partial charge in [0.05, 0.1) is 6.04 Å². The van der Waals surface area contributed by atoms with E-state index in [9.17, 15) is 22.4 Å². The van der Waals surface area contributed by atoms with Gasteiger partial charge in [0.1, 0.15) is 11.6 Å². The summed E-state index contributed by atoms with van der Waals surface area (Å²) in [5.41, 5.74) is 0.554. The van der Waals surface area contributed by atoms with Crippen molar-refractivity contribution in [3.05, 3.63) is 70.8 Å². The molecular weight excluding hydrogens is 324 g/mol. The first-order valence-corrected chi connectivity index (χ1v) is 7.18. The fraction of sp³-hybridized carbons (Fsp3) is 0.235. The molecule has 1 N–H and O–H groups in total. The van der Waals surface area contributed by atoms with Crippen molar-refractivity contribution >= 4 is 6.03 Å². The van der Waals surface area contributed by atoms with E-state index in [-0.39, 0.29) is 12.1 Å². The standard InChI is InChI=1S/C17H16F4N2O/c1-10(11-4-6-14(19)16(21)7-11)22-17(24)23(2)9-12-3-5-13(18)8-15(12)20/h3-8,10H,9H2,1-2H3,(H,22,24). The van der Waals surface area contributed by atoms with E-state index >= 15 is 0 Å². The minimum absolute atomic E-state index is 0.0670. The van der Waals surface area contributed by atoms with Gasteiger partial charge in [-0.2, -0.15) is 0 Å². The zero-order valence-corrected chi connectivity index (χ0v) is 13.1. The molecule has 0 spiro atoms. The van der Waals surface area contributed by atoms with Gasteiger partial charge < -0.3 is 10.2 Å². The molecule has 0 saturated heterocycles. The predicted molar refractivity (Wildman–Crippen MR) is 81.1 cm³/mol. The Kier molecular flexibility index (Phi) is 5.43. The Hall–Kier alpha value is -2.57. The smallest absolute Gasteiger partial charge is 0.317 e. The van der Waals surface area contributed by atoms with Gasteiger partial charge in [0.2, 0.25) is 0 Å². The number of benzene rings is 2. The molecule has 1 atom stereocenters. The lowest BCUT2D eigenvalue weighted by Crippen LogP contribution is -2.38. The van der Waals surface area contributed by atoms with Crippen LogP contribution in [-0.2, 0) is 6.54 Å². The summed E-state index contributed by atoms with van der Waals surface area (Å²) in [7, 11) is 1.44. The van der Waals surface area contributed by atoms with Crippen molar-refractivity contribution < 1.29 is 22.4 Å². The number of hydrogen-bond acceptors (Lipinski definition) is 1. The number of amides is 2. The van der Waals surface area contributed by atoms with Crippen LogP contribution in [0.4, 0.5) is 22.4 Å². The summed E-state index contributed by atoms with van der Waals surface area (Å²) in [6.45, 7) is 1.54. The Morgan fingerprint density at radius 2 is 1.75 bits per heavy atom. The minimum Gasteiger partial charge on any atom is -0.331 e. The van der Waals surface area contributed by atoms with Crippen LogP contribution in [0.15, 0.2) is 36.4 Å². The van der Waals surface area contributed by atoms with Crippen molar-refractivity contribution in [1.82, 2.24) is 10.2 Å². The van der Waals surface area contributed by atoms with Crippen LogP contribution in [0.5, 0.6) is 0 Å². The van der Waals surface area contributed by atoms with Crippen molar-refractivity contribution in [1.29, 1.82) is 0 Å². The molecule has 0 fully saturated rings. The highest BCUT2D eigenvalue weighted by molar-refractivity contribution is 5.74. The Bertz CT molecular complexity index is 751. The van der Waals surface area contributed by atoms with Gasteiger partial charge in [0.15, 0.2) is 11.6 Å². The second-order valence-electron chi connectivity index (χ2n) is 5.44. The minimum atomic E-state index is -1.00. The average molecular weight is 340 g/mol. The topological polar surface area (TPSA) is 32.3 Å². The van der Waals surface area contributed by atoms with Crippen LogP contribution in [0.2, 0.25) is 0 Å². The summed E-state index contributed by atoms with van der Waals surface area (Å²) in [6.07, 6.45) is 0. The van der Waals surface area contributed by atoms with E-state index in [1.165, 1.54) is 24.1 Å². The highest BCUT2D eigenvalue weighted by Crippen LogP contribution is 2.17. The zero-order valence-electron chi connectivity index (χ0n) is 13.1. The molecule has 0 aliphatic carbocycles. The van der Waals surface area contributed by atoms with Crippen LogP contribution < -0.4 is 5.32 Å². The fourth-order valence-electron chi connectivity index (χ4n) is 2.14. The van der Waals surface area contributed by atoms with Crippen LogP contribution >= 0.6 is 0 Å². The second kappa shape index (κ2) is 7.33. The SMILES string of the molecule is CC(NC(=O)N(C)Cc1ccc(F)cc1F)c1ccc(F)c(F)c1. The van der Waals surface area contributed by atoms with Gasteiger partial charge in [-0.05, 0) is 30.7 Å². The summed E-state index contributed by atoms with van der Waals surface area (Å²) in [4.78, 5) is 13.3. The molecule has 0 bridgehead atoms. The maximum atomic E-state index is 13.6. The molecule has 2 aromatic carbocycles. The number of rotatable bonds is 4. The van der Waals surface area contributed by atoms with Gasteiger partial charge in [-0.1, -0.05) is 12.1 Å². The zero-order chi connectivity index (χ0) is 17.9. The van der Waals surface area contributed by atoms with Crippen LogP contribution in [0, 0.1) is 23.3 Å². The highest BCUT2D eigenvalue weighted by atomic mass is 19.2. The van der Waals surface area contributed by atoms with E-state index in [0.29, 0.717) is 5.56 Å². The van der Waals surface area contributed by atoms with Gasteiger partial charge in [-0.25, -0.2) is 22.4 Å². The van der Waals surface area contributed by atoms with Crippen molar-refractivity contribution in [3.8, 4) is 0 Å². The van der Waals surface area contributed by atoms with E-state index in [1.54, 1.807) is 6.92 Å². The first-order chi connectivity index (χ1) is 11.3. The first-order valence-electron chi connectivity index (χ1n) is 7.18. The number of urea groups is 1. The largest absolute Gasteiger partial charge is 0.331 e. The average Bonchev–Trinajstić information content (AvgIpc) is 2.52. The molecule has 24 heavy (non-hydrogen) atoms. The van der Waals surface area contributed by atoms with E-state index < -0.39 is 35.3 Å². The van der Waals surface area contributed by atoms with Crippen LogP contribution in [0.3, 0.4) is 0 Å². The van der Waals surface area contributed by atoms with Crippen LogP contribution in [0.25, 0.3) is 0 Å². The number of hydrogen-bond donors (Lipinski definition) is 1. The molecule has 128 valence electrons. The molecule has 0 heterocycles. The number of nitrogens with one attached hydrogen (secondary N) is 1. The summed E-state index contributed by atoms with van der Waals surface area (Å²) in [5.74, 6) is -3.42. The third-order valence-corrected chi connectivity index (χ3v) is 3.55. The monoisotopic (exact) mass is 340 g/mol. The lowest BCUT2D eigenvalue weighted by atomic mass is 10.1. The first kappa shape index (κ1) is 17.8. The Labute approximate surface area is 136 Å². The number of halogens is 4. The van der Waals surface area contributed by atoms with Crippen molar-refractivity contribution in [2.45, 2.75) is 19.5 Å². The lowest BCUT2D eigenvalue weighted by molar-refractivity contribution is 0.203. The maximum Gasteiger partial charge on any atom is 0.317 e. The van der Waals surface area contributed by atoms with Gasteiger partial charge in [-0.15, -0.1) is 0 Å². The number of carbonyl (C=O) groups excluding carboxylic acids is 1. The lowest BCUT2D eigenvalue weighted by Gasteiger charge is -2.22. The van der Waals surface area contributed by atoms with Crippen molar-refractivity contribution in [2.24, 2.45) is 0 Å². The number of carbonyl (C=O) groups is 1. The molecule has 0 saturated carbocycles. The molecule has 0 aliphatic rings. The van der Waals surface area contributed by atoms with Crippen LogP contribution in [0.1, 0.15) is 24.1 Å². The molecule has 2 amide bonds. The third-order valence-electron chi connectivity index (χ3n) is 3.55. The van der Waals surface area contributed by atoms with Crippen LogP contribution in [-0.4, -0.2) is 18.0 Å². The highest BCUT2D eigenvalue weighted by Gasteiger charge is 2.16. The maximum absolute atomic E-state index is 13.6. The Morgan fingerprint density at radius 1 is 1.04 bits per heavy atom. The van der Waals surface area contributed by atoms with Crippen molar-refractivity contribution in [2.75, 3.05) is 7.05 Å². The molecule has 0 aliphatic heterocycles. The summed E-state index contributed by atoms with van der Waals surface area (Å²) >= 11 is 0. The third kappa shape index (κ3) is 4.24. The fourth-order valence-corrected chi connectivity index (χ4v) is 2.14. The van der Waals surface area contributed by atoms with E-state index in [0.717, 1.165) is 24.3 Å². The summed E-state index contributed by atoms with van der Waals surface area (Å²) in [5, 5.41) is 2.60. The molecule has 7 heteroatoms. The Morgan fingerprint density at radius 3 is 2.38 bits per heavy atom.